The smallest absolute Gasteiger partial charge is 0.270 e. The van der Waals surface area contributed by atoms with Crippen molar-refractivity contribution in [3.8, 4) is 0 Å². The van der Waals surface area contributed by atoms with Gasteiger partial charge in [-0.3, -0.25) is 19.7 Å². The van der Waals surface area contributed by atoms with E-state index in [2.05, 4.69) is 15.5 Å². The molecule has 30 heavy (non-hydrogen) atoms. The van der Waals surface area contributed by atoms with Gasteiger partial charge in [0, 0.05) is 49.9 Å². The van der Waals surface area contributed by atoms with Crippen LogP contribution in [0.4, 0.5) is 10.8 Å². The highest BCUT2D eigenvalue weighted by atomic mass is 32.2. The first kappa shape index (κ1) is 22.0. The van der Waals surface area contributed by atoms with Gasteiger partial charge < -0.3 is 15.1 Å². The normalized spacial score (nSPS) is 14.1. The first-order valence-electron chi connectivity index (χ1n) is 9.38. The Morgan fingerprint density at radius 2 is 2.00 bits per heavy atom. The van der Waals surface area contributed by atoms with Crippen LogP contribution in [-0.2, 0) is 4.79 Å². The Morgan fingerprint density at radius 3 is 2.67 bits per heavy atom. The number of nitro benzene ring substituents is 1. The van der Waals surface area contributed by atoms with Crippen molar-refractivity contribution in [2.45, 2.75) is 24.2 Å². The summed E-state index contributed by atoms with van der Waals surface area (Å²) in [6, 6.07) is 5.88. The van der Waals surface area contributed by atoms with E-state index >= 15 is 0 Å². The summed E-state index contributed by atoms with van der Waals surface area (Å²) in [5.41, 5.74) is 0.215. The van der Waals surface area contributed by atoms with Crippen molar-refractivity contribution in [1.29, 1.82) is 0 Å². The van der Waals surface area contributed by atoms with Gasteiger partial charge in [0.1, 0.15) is 0 Å². The summed E-state index contributed by atoms with van der Waals surface area (Å²) < 4.78 is 0.721. The van der Waals surface area contributed by atoms with Crippen LogP contribution in [0.5, 0.6) is 0 Å². The second-order valence-electron chi connectivity index (χ2n) is 6.95. The number of nitrogens with one attached hydrogen (secondary N) is 1. The van der Waals surface area contributed by atoms with Crippen LogP contribution >= 0.6 is 23.1 Å². The van der Waals surface area contributed by atoms with Crippen molar-refractivity contribution in [1.82, 2.24) is 20.4 Å². The standard InChI is InChI=1S/C18H22N6O4S2/c1-12(2)19-15(25)11-29-18-21-20-17(30-18)23-8-6-22(7-9-23)16(26)13-4-3-5-14(10-13)24(27)28/h3-5,10,12H,6-9,11H2,1-2H3,(H,19,25). The summed E-state index contributed by atoms with van der Waals surface area (Å²) in [5.74, 6) is 0.0289. The van der Waals surface area contributed by atoms with Crippen molar-refractivity contribution < 1.29 is 14.5 Å². The molecule has 0 radical (unpaired) electrons. The number of non-ortho nitro benzene ring substituents is 1. The lowest BCUT2D eigenvalue weighted by atomic mass is 10.1. The van der Waals surface area contributed by atoms with Crippen LogP contribution in [0.15, 0.2) is 28.6 Å². The van der Waals surface area contributed by atoms with Gasteiger partial charge in [-0.25, -0.2) is 0 Å². The van der Waals surface area contributed by atoms with Crippen molar-refractivity contribution in [3.63, 3.8) is 0 Å². The first-order chi connectivity index (χ1) is 14.3. The van der Waals surface area contributed by atoms with Crippen LogP contribution in [-0.4, -0.2) is 69.8 Å². The van der Waals surface area contributed by atoms with E-state index in [0.717, 1.165) is 9.47 Å². The second kappa shape index (κ2) is 9.85. The minimum absolute atomic E-state index is 0.0416. The summed E-state index contributed by atoms with van der Waals surface area (Å²) in [4.78, 5) is 38.6. The number of nitrogens with zero attached hydrogens (tertiary/aromatic N) is 5. The molecule has 1 aromatic heterocycles. The Balaban J connectivity index is 1.53. The van der Waals surface area contributed by atoms with Crippen molar-refractivity contribution in [2.75, 3.05) is 36.8 Å². The fourth-order valence-corrected chi connectivity index (χ4v) is 4.62. The average molecular weight is 451 g/mol. The maximum absolute atomic E-state index is 12.7. The van der Waals surface area contributed by atoms with E-state index in [1.54, 1.807) is 11.0 Å². The Morgan fingerprint density at radius 1 is 1.27 bits per heavy atom. The number of carbonyl (C=O) groups excluding carboxylic acids is 2. The molecule has 12 heteroatoms. The molecule has 1 fully saturated rings. The number of carbonyl (C=O) groups is 2. The quantitative estimate of drug-likeness (QED) is 0.386. The second-order valence-corrected chi connectivity index (χ2v) is 9.13. The molecule has 1 N–H and O–H groups in total. The topological polar surface area (TPSA) is 122 Å². The first-order valence-corrected chi connectivity index (χ1v) is 11.2. The highest BCUT2D eigenvalue weighted by Crippen LogP contribution is 2.28. The number of nitro groups is 1. The van der Waals surface area contributed by atoms with Crippen molar-refractivity contribution in [2.24, 2.45) is 0 Å². The van der Waals surface area contributed by atoms with Gasteiger partial charge in [-0.05, 0) is 19.9 Å². The van der Waals surface area contributed by atoms with E-state index in [0.29, 0.717) is 31.7 Å². The summed E-state index contributed by atoms with van der Waals surface area (Å²) in [5, 5.41) is 22.8. The van der Waals surface area contributed by atoms with E-state index in [9.17, 15) is 19.7 Å². The van der Waals surface area contributed by atoms with Crippen LogP contribution in [0.3, 0.4) is 0 Å². The van der Waals surface area contributed by atoms with Crippen LogP contribution in [0.1, 0.15) is 24.2 Å². The van der Waals surface area contributed by atoms with Gasteiger partial charge in [0.25, 0.3) is 11.6 Å². The van der Waals surface area contributed by atoms with E-state index in [4.69, 9.17) is 0 Å². The Hall–Kier alpha value is -2.73. The highest BCUT2D eigenvalue weighted by molar-refractivity contribution is 8.01. The lowest BCUT2D eigenvalue weighted by Crippen LogP contribution is -2.48. The van der Waals surface area contributed by atoms with Gasteiger partial charge in [-0.2, -0.15) is 0 Å². The lowest BCUT2D eigenvalue weighted by molar-refractivity contribution is -0.384. The zero-order chi connectivity index (χ0) is 21.7. The zero-order valence-electron chi connectivity index (χ0n) is 16.6. The molecule has 2 heterocycles. The van der Waals surface area contributed by atoms with Crippen molar-refractivity contribution in [3.05, 3.63) is 39.9 Å². The fourth-order valence-electron chi connectivity index (χ4n) is 2.92. The molecule has 1 saturated heterocycles. The summed E-state index contributed by atoms with van der Waals surface area (Å²) in [6.45, 7) is 5.98. The Kier molecular flexibility index (Phi) is 7.21. The van der Waals surface area contributed by atoms with Gasteiger partial charge in [-0.1, -0.05) is 29.2 Å². The largest absolute Gasteiger partial charge is 0.353 e. The lowest BCUT2D eigenvalue weighted by Gasteiger charge is -2.34. The molecule has 1 aliphatic rings. The summed E-state index contributed by atoms with van der Waals surface area (Å²) in [7, 11) is 0. The summed E-state index contributed by atoms with van der Waals surface area (Å²) in [6.07, 6.45) is 0. The van der Waals surface area contributed by atoms with Gasteiger partial charge in [0.05, 0.1) is 10.7 Å². The molecule has 3 rings (SSSR count). The molecule has 0 unspecified atom stereocenters. The third-order valence-corrected chi connectivity index (χ3v) is 6.43. The van der Waals surface area contributed by atoms with Gasteiger partial charge >= 0.3 is 0 Å². The number of thioether (sulfide) groups is 1. The van der Waals surface area contributed by atoms with Gasteiger partial charge in [-0.15, -0.1) is 10.2 Å². The zero-order valence-corrected chi connectivity index (χ0v) is 18.2. The number of hydrogen-bond acceptors (Lipinski definition) is 9. The minimum atomic E-state index is -0.508. The van der Waals surface area contributed by atoms with Crippen LogP contribution in [0, 0.1) is 10.1 Å². The van der Waals surface area contributed by atoms with Crippen LogP contribution in [0.25, 0.3) is 0 Å². The Labute approximate surface area is 181 Å². The molecule has 10 nitrogen and oxygen atoms in total. The van der Waals surface area contributed by atoms with E-state index in [-0.39, 0.29) is 29.3 Å². The molecule has 1 aliphatic heterocycles. The molecule has 0 bridgehead atoms. The maximum Gasteiger partial charge on any atom is 0.270 e. The predicted octanol–water partition coefficient (Wildman–Crippen LogP) is 2.03. The molecular weight excluding hydrogens is 428 g/mol. The van der Waals surface area contributed by atoms with E-state index < -0.39 is 4.92 Å². The minimum Gasteiger partial charge on any atom is -0.353 e. The molecule has 0 spiro atoms. The van der Waals surface area contributed by atoms with Gasteiger partial charge in [0.2, 0.25) is 11.0 Å². The van der Waals surface area contributed by atoms with Crippen molar-refractivity contribution >= 4 is 45.7 Å². The Bertz CT molecular complexity index is 927. The van der Waals surface area contributed by atoms with Crippen LogP contribution in [0.2, 0.25) is 0 Å². The molecule has 1 aromatic carbocycles. The predicted molar refractivity (Wildman–Crippen MR) is 115 cm³/mol. The molecule has 2 amide bonds. The van der Waals surface area contributed by atoms with Gasteiger partial charge in [0.15, 0.2) is 4.34 Å². The van der Waals surface area contributed by atoms with E-state index in [1.807, 2.05) is 18.7 Å². The fraction of sp³-hybridized carbons (Fsp3) is 0.444. The molecule has 0 atom stereocenters. The average Bonchev–Trinajstić information content (AvgIpc) is 3.20. The molecule has 0 aliphatic carbocycles. The number of aromatic nitrogens is 2. The molecule has 2 aromatic rings. The number of benzene rings is 1. The highest BCUT2D eigenvalue weighted by Gasteiger charge is 2.25. The monoisotopic (exact) mass is 450 g/mol. The summed E-state index contributed by atoms with van der Waals surface area (Å²) >= 11 is 2.77. The number of rotatable bonds is 7. The SMILES string of the molecule is CC(C)NC(=O)CSc1nnc(N2CCN(C(=O)c3cccc([N+](=O)[O-])c3)CC2)s1. The number of piperazine rings is 1. The third-order valence-electron chi connectivity index (χ3n) is 4.31. The molecule has 160 valence electrons. The maximum atomic E-state index is 12.7. The molecular formula is C18H22N6O4S2. The van der Waals surface area contributed by atoms with Crippen LogP contribution < -0.4 is 10.2 Å². The molecule has 0 saturated carbocycles. The number of anilines is 1. The number of hydrogen-bond donors (Lipinski definition) is 1. The van der Waals surface area contributed by atoms with E-state index in [1.165, 1.54) is 41.3 Å². The third kappa shape index (κ3) is 5.66. The number of amides is 2.